The van der Waals surface area contributed by atoms with Crippen LogP contribution in [0.5, 0.6) is 0 Å². The number of amides is 1. The van der Waals surface area contributed by atoms with Crippen LogP contribution in [-0.4, -0.2) is 34.6 Å². The number of hydrogen-bond donors (Lipinski definition) is 2. The Balaban J connectivity index is 2.30. The summed E-state index contributed by atoms with van der Waals surface area (Å²) in [7, 11) is 0. The molecule has 1 saturated carbocycles. The molecular weight excluding hydrogens is 364 g/mol. The van der Waals surface area contributed by atoms with Crippen LogP contribution in [0.1, 0.15) is 58.8 Å². The fourth-order valence-corrected chi connectivity index (χ4v) is 2.91. The number of nitrogens with one attached hydrogen (secondary N) is 1. The standard InChI is InChI=1S/C19H30N4O5/c1-3-5-7-11-22(14(24)12-28-18(26)13-8-9-13)15-16(20)23(10-6-4-2)19(27)21-17(15)25/h13H,3-12,20H2,1-2H3,(H,21,25,27). The van der Waals surface area contributed by atoms with Gasteiger partial charge in [0.05, 0.1) is 5.92 Å². The van der Waals surface area contributed by atoms with Crippen molar-refractivity contribution < 1.29 is 14.3 Å². The van der Waals surface area contributed by atoms with Crippen LogP contribution in [-0.2, 0) is 20.9 Å². The summed E-state index contributed by atoms with van der Waals surface area (Å²) in [5.74, 6) is -1.08. The van der Waals surface area contributed by atoms with E-state index in [0.717, 1.165) is 32.1 Å². The molecule has 1 aliphatic rings. The Hall–Kier alpha value is -2.58. The number of nitrogen functional groups attached to an aromatic ring is 1. The van der Waals surface area contributed by atoms with Crippen LogP contribution >= 0.6 is 0 Å². The summed E-state index contributed by atoms with van der Waals surface area (Å²) >= 11 is 0. The number of carbonyl (C=O) groups excluding carboxylic acids is 2. The number of rotatable bonds is 11. The molecule has 9 nitrogen and oxygen atoms in total. The molecule has 156 valence electrons. The minimum Gasteiger partial charge on any atom is -0.455 e. The second kappa shape index (κ2) is 10.1. The summed E-state index contributed by atoms with van der Waals surface area (Å²) in [6.07, 6.45) is 5.56. The van der Waals surface area contributed by atoms with Gasteiger partial charge in [-0.2, -0.15) is 0 Å². The van der Waals surface area contributed by atoms with Gasteiger partial charge >= 0.3 is 11.7 Å². The van der Waals surface area contributed by atoms with Gasteiger partial charge in [-0.25, -0.2) is 4.79 Å². The first-order valence-corrected chi connectivity index (χ1v) is 10.00. The number of esters is 1. The van der Waals surface area contributed by atoms with Crippen LogP contribution in [0, 0.1) is 5.92 Å². The second-order valence-electron chi connectivity index (χ2n) is 7.13. The lowest BCUT2D eigenvalue weighted by atomic mass is 10.2. The molecule has 1 fully saturated rings. The number of unbranched alkanes of at least 4 members (excludes halogenated alkanes) is 3. The van der Waals surface area contributed by atoms with Gasteiger partial charge in [-0.3, -0.25) is 23.9 Å². The molecule has 0 bridgehead atoms. The number of hydrogen-bond acceptors (Lipinski definition) is 6. The molecule has 2 rings (SSSR count). The first-order chi connectivity index (χ1) is 13.4. The van der Waals surface area contributed by atoms with Gasteiger partial charge in [-0.1, -0.05) is 33.1 Å². The Morgan fingerprint density at radius 3 is 2.46 bits per heavy atom. The maximum absolute atomic E-state index is 12.8. The molecule has 9 heteroatoms. The quantitative estimate of drug-likeness (QED) is 0.431. The van der Waals surface area contributed by atoms with Crippen molar-refractivity contribution in [2.24, 2.45) is 5.92 Å². The molecule has 3 N–H and O–H groups in total. The van der Waals surface area contributed by atoms with E-state index in [9.17, 15) is 19.2 Å². The van der Waals surface area contributed by atoms with Gasteiger partial charge < -0.3 is 15.4 Å². The number of aromatic amines is 1. The summed E-state index contributed by atoms with van der Waals surface area (Å²) in [5, 5.41) is 0. The predicted octanol–water partition coefficient (Wildman–Crippen LogP) is 1.40. The Morgan fingerprint density at radius 2 is 1.86 bits per heavy atom. The number of carbonyl (C=O) groups is 2. The number of anilines is 2. The Labute approximate surface area is 163 Å². The molecule has 28 heavy (non-hydrogen) atoms. The average Bonchev–Trinajstić information content (AvgIpc) is 3.49. The fourth-order valence-electron chi connectivity index (χ4n) is 2.91. The summed E-state index contributed by atoms with van der Waals surface area (Å²) in [6.45, 7) is 4.15. The summed E-state index contributed by atoms with van der Waals surface area (Å²) in [6, 6.07) is 0. The van der Waals surface area contributed by atoms with E-state index in [1.54, 1.807) is 0 Å². The minimum absolute atomic E-state index is 0.0411. The van der Waals surface area contributed by atoms with E-state index >= 15 is 0 Å². The maximum Gasteiger partial charge on any atom is 0.330 e. The number of nitrogens with two attached hydrogens (primary N) is 1. The van der Waals surface area contributed by atoms with Gasteiger partial charge in [-0.15, -0.1) is 0 Å². The van der Waals surface area contributed by atoms with Gasteiger partial charge in [0.2, 0.25) is 0 Å². The van der Waals surface area contributed by atoms with Gasteiger partial charge in [0.1, 0.15) is 5.82 Å². The Bertz CT molecular complexity index is 810. The Morgan fingerprint density at radius 1 is 1.18 bits per heavy atom. The maximum atomic E-state index is 12.8. The molecule has 0 unspecified atom stereocenters. The van der Waals surface area contributed by atoms with Gasteiger partial charge in [0.25, 0.3) is 11.5 Å². The third-order valence-electron chi connectivity index (χ3n) is 4.75. The van der Waals surface area contributed by atoms with Crippen molar-refractivity contribution in [3.63, 3.8) is 0 Å². The van der Waals surface area contributed by atoms with E-state index in [1.807, 2.05) is 13.8 Å². The zero-order chi connectivity index (χ0) is 20.7. The molecule has 1 aliphatic carbocycles. The highest BCUT2D eigenvalue weighted by Crippen LogP contribution is 2.30. The molecule has 0 saturated heterocycles. The zero-order valence-electron chi connectivity index (χ0n) is 16.7. The van der Waals surface area contributed by atoms with E-state index in [-0.39, 0.29) is 24.0 Å². The topological polar surface area (TPSA) is 127 Å². The van der Waals surface area contributed by atoms with Crippen molar-refractivity contribution in [2.45, 2.75) is 65.3 Å². The highest BCUT2D eigenvalue weighted by Gasteiger charge is 2.32. The SMILES string of the molecule is CCCCCN(C(=O)COC(=O)C1CC1)c1c(N)n(CCCC)c(=O)[nH]c1=O. The normalized spacial score (nSPS) is 13.4. The summed E-state index contributed by atoms with van der Waals surface area (Å²) in [5.41, 5.74) is 4.76. The van der Waals surface area contributed by atoms with Crippen LogP contribution in [0.15, 0.2) is 9.59 Å². The van der Waals surface area contributed by atoms with Crippen molar-refractivity contribution in [3.05, 3.63) is 20.8 Å². The van der Waals surface area contributed by atoms with Crippen molar-refractivity contribution in [2.75, 3.05) is 23.8 Å². The van der Waals surface area contributed by atoms with E-state index < -0.39 is 29.7 Å². The van der Waals surface area contributed by atoms with Crippen molar-refractivity contribution in [3.8, 4) is 0 Å². The third kappa shape index (κ3) is 5.46. The molecule has 1 aromatic rings. The van der Waals surface area contributed by atoms with E-state index in [4.69, 9.17) is 10.5 Å². The molecule has 0 radical (unpaired) electrons. The molecule has 1 heterocycles. The lowest BCUT2D eigenvalue weighted by molar-refractivity contribution is -0.149. The average molecular weight is 394 g/mol. The first kappa shape index (κ1) is 21.7. The number of ether oxygens (including phenoxy) is 1. The molecule has 0 aromatic carbocycles. The van der Waals surface area contributed by atoms with Gasteiger partial charge in [-0.05, 0) is 25.7 Å². The second-order valence-corrected chi connectivity index (χ2v) is 7.13. The van der Waals surface area contributed by atoms with E-state index in [1.165, 1.54) is 9.47 Å². The molecule has 1 amide bonds. The predicted molar refractivity (Wildman–Crippen MR) is 106 cm³/mol. The van der Waals surface area contributed by atoms with Crippen molar-refractivity contribution in [1.82, 2.24) is 9.55 Å². The van der Waals surface area contributed by atoms with Crippen LogP contribution in [0.25, 0.3) is 0 Å². The molecule has 0 atom stereocenters. The molecule has 0 spiro atoms. The van der Waals surface area contributed by atoms with Crippen molar-refractivity contribution >= 4 is 23.4 Å². The lowest BCUT2D eigenvalue weighted by Crippen LogP contribution is -2.43. The minimum atomic E-state index is -0.714. The smallest absolute Gasteiger partial charge is 0.330 e. The third-order valence-corrected chi connectivity index (χ3v) is 4.75. The molecule has 0 aliphatic heterocycles. The monoisotopic (exact) mass is 394 g/mol. The van der Waals surface area contributed by atoms with Crippen LogP contribution < -0.4 is 21.9 Å². The number of H-pyrrole nitrogens is 1. The van der Waals surface area contributed by atoms with Crippen molar-refractivity contribution in [1.29, 1.82) is 0 Å². The Kier molecular flexibility index (Phi) is 7.83. The highest BCUT2D eigenvalue weighted by molar-refractivity contribution is 5.97. The summed E-state index contributed by atoms with van der Waals surface area (Å²) < 4.78 is 6.36. The number of aromatic nitrogens is 2. The first-order valence-electron chi connectivity index (χ1n) is 10.00. The van der Waals surface area contributed by atoms with Crippen LogP contribution in [0.4, 0.5) is 11.5 Å². The molecular formula is C19H30N4O5. The van der Waals surface area contributed by atoms with E-state index in [2.05, 4.69) is 4.98 Å². The van der Waals surface area contributed by atoms with E-state index in [0.29, 0.717) is 19.4 Å². The van der Waals surface area contributed by atoms with Gasteiger partial charge in [0, 0.05) is 13.1 Å². The van der Waals surface area contributed by atoms with Crippen LogP contribution in [0.3, 0.4) is 0 Å². The lowest BCUT2D eigenvalue weighted by Gasteiger charge is -2.24. The summed E-state index contributed by atoms with van der Waals surface area (Å²) in [4.78, 5) is 52.6. The fraction of sp³-hybridized carbons (Fsp3) is 0.684. The highest BCUT2D eigenvalue weighted by atomic mass is 16.5. The zero-order valence-corrected chi connectivity index (χ0v) is 16.7. The number of nitrogens with zero attached hydrogens (tertiary/aromatic N) is 2. The molecule has 1 aromatic heterocycles. The largest absolute Gasteiger partial charge is 0.455 e. The van der Waals surface area contributed by atoms with Crippen LogP contribution in [0.2, 0.25) is 0 Å². The van der Waals surface area contributed by atoms with Gasteiger partial charge in [0.15, 0.2) is 12.3 Å².